The van der Waals surface area contributed by atoms with Gasteiger partial charge in [-0.25, -0.2) is 4.39 Å². The second kappa shape index (κ2) is 10.3. The standard InChI is InChI=1S/C27H23FN2O6/c1-34-19-9-10-22-20(13-19)27(33)21(26(32)16-4-6-17(28)7-5-16)14-30(22)15-25(31)29-18-8-11-23(35-2)24(12-18)36-3/h4-14H,15H2,1-3H3,(H,29,31). The maximum atomic E-state index is 13.3. The summed E-state index contributed by atoms with van der Waals surface area (Å²) in [7, 11) is 4.46. The molecule has 36 heavy (non-hydrogen) atoms. The van der Waals surface area contributed by atoms with Gasteiger partial charge in [-0.2, -0.15) is 0 Å². The van der Waals surface area contributed by atoms with Crippen LogP contribution in [0, 0.1) is 5.82 Å². The summed E-state index contributed by atoms with van der Waals surface area (Å²) in [5.74, 6) is -0.100. The van der Waals surface area contributed by atoms with Crippen molar-refractivity contribution in [3.05, 3.63) is 94.0 Å². The van der Waals surface area contributed by atoms with Gasteiger partial charge in [0, 0.05) is 23.5 Å². The van der Waals surface area contributed by atoms with E-state index in [0.29, 0.717) is 28.5 Å². The number of nitrogens with one attached hydrogen (secondary N) is 1. The third-order valence-electron chi connectivity index (χ3n) is 5.62. The topological polar surface area (TPSA) is 95.9 Å². The van der Waals surface area contributed by atoms with Crippen LogP contribution >= 0.6 is 0 Å². The van der Waals surface area contributed by atoms with Crippen molar-refractivity contribution in [3.8, 4) is 17.2 Å². The number of fused-ring (bicyclic) bond motifs is 1. The molecule has 0 spiro atoms. The van der Waals surface area contributed by atoms with Gasteiger partial charge in [-0.1, -0.05) is 0 Å². The number of pyridine rings is 1. The van der Waals surface area contributed by atoms with Gasteiger partial charge in [0.1, 0.15) is 18.1 Å². The lowest BCUT2D eigenvalue weighted by atomic mass is 10.0. The van der Waals surface area contributed by atoms with Crippen molar-refractivity contribution in [3.63, 3.8) is 0 Å². The van der Waals surface area contributed by atoms with E-state index in [4.69, 9.17) is 14.2 Å². The summed E-state index contributed by atoms with van der Waals surface area (Å²) in [6.45, 7) is -0.193. The number of benzene rings is 3. The number of nitrogens with zero attached hydrogens (tertiary/aromatic N) is 1. The summed E-state index contributed by atoms with van der Waals surface area (Å²) in [6.07, 6.45) is 1.34. The summed E-state index contributed by atoms with van der Waals surface area (Å²) in [4.78, 5) is 39.3. The Kier molecular flexibility index (Phi) is 7.00. The Labute approximate surface area is 205 Å². The quantitative estimate of drug-likeness (QED) is 0.375. The number of methoxy groups -OCH3 is 3. The van der Waals surface area contributed by atoms with Crippen molar-refractivity contribution in [2.24, 2.45) is 0 Å². The average Bonchev–Trinajstić information content (AvgIpc) is 2.89. The first-order chi connectivity index (χ1) is 17.3. The van der Waals surface area contributed by atoms with Gasteiger partial charge in [0.05, 0.1) is 37.8 Å². The van der Waals surface area contributed by atoms with E-state index >= 15 is 0 Å². The number of halogens is 1. The van der Waals surface area contributed by atoms with Gasteiger partial charge in [0.25, 0.3) is 0 Å². The molecular weight excluding hydrogens is 467 g/mol. The van der Waals surface area contributed by atoms with E-state index in [2.05, 4.69) is 5.32 Å². The number of hydrogen-bond acceptors (Lipinski definition) is 6. The number of amides is 1. The van der Waals surface area contributed by atoms with Gasteiger partial charge in [-0.15, -0.1) is 0 Å². The maximum Gasteiger partial charge on any atom is 0.244 e. The lowest BCUT2D eigenvalue weighted by Crippen LogP contribution is -2.24. The first kappa shape index (κ1) is 24.5. The zero-order chi connectivity index (χ0) is 25.8. The van der Waals surface area contributed by atoms with Gasteiger partial charge < -0.3 is 24.1 Å². The summed E-state index contributed by atoms with van der Waals surface area (Å²) >= 11 is 0. The number of hydrogen-bond donors (Lipinski definition) is 1. The van der Waals surface area contributed by atoms with Crippen LogP contribution in [0.25, 0.3) is 10.9 Å². The zero-order valence-electron chi connectivity index (χ0n) is 19.8. The molecule has 0 unspecified atom stereocenters. The molecule has 0 bridgehead atoms. The van der Waals surface area contributed by atoms with E-state index in [9.17, 15) is 18.8 Å². The van der Waals surface area contributed by atoms with Crippen LogP contribution in [0.1, 0.15) is 15.9 Å². The highest BCUT2D eigenvalue weighted by Gasteiger charge is 2.19. The highest BCUT2D eigenvalue weighted by molar-refractivity contribution is 6.10. The highest BCUT2D eigenvalue weighted by atomic mass is 19.1. The number of aromatic nitrogens is 1. The Hall–Kier alpha value is -4.66. The molecule has 0 atom stereocenters. The number of rotatable bonds is 8. The number of anilines is 1. The molecule has 0 fully saturated rings. The van der Waals surface area contributed by atoms with Crippen LogP contribution in [-0.4, -0.2) is 37.6 Å². The fourth-order valence-corrected chi connectivity index (χ4v) is 3.82. The van der Waals surface area contributed by atoms with Gasteiger partial charge in [0.15, 0.2) is 17.3 Å². The van der Waals surface area contributed by atoms with Gasteiger partial charge in [-0.05, 0) is 54.6 Å². The summed E-state index contributed by atoms with van der Waals surface area (Å²) < 4.78 is 30.6. The molecule has 0 saturated heterocycles. The minimum Gasteiger partial charge on any atom is -0.497 e. The minimum atomic E-state index is -0.584. The Bertz CT molecular complexity index is 1510. The van der Waals surface area contributed by atoms with Crippen molar-refractivity contribution in [2.45, 2.75) is 6.54 Å². The Morgan fingerprint density at radius 1 is 0.889 bits per heavy atom. The molecular formula is C27H23FN2O6. The molecule has 4 rings (SSSR count). The lowest BCUT2D eigenvalue weighted by molar-refractivity contribution is -0.116. The maximum absolute atomic E-state index is 13.3. The number of carbonyl (C=O) groups is 2. The van der Waals surface area contributed by atoms with E-state index in [1.165, 1.54) is 50.3 Å². The largest absolute Gasteiger partial charge is 0.497 e. The Morgan fingerprint density at radius 2 is 1.61 bits per heavy atom. The molecule has 8 nitrogen and oxygen atoms in total. The molecule has 9 heteroatoms. The molecule has 0 radical (unpaired) electrons. The van der Waals surface area contributed by atoms with E-state index in [1.807, 2.05) is 0 Å². The van der Waals surface area contributed by atoms with Crippen molar-refractivity contribution in [2.75, 3.05) is 26.6 Å². The molecule has 0 aliphatic carbocycles. The zero-order valence-corrected chi connectivity index (χ0v) is 19.8. The van der Waals surface area contributed by atoms with Crippen LogP contribution < -0.4 is 25.0 Å². The molecule has 1 N–H and O–H groups in total. The molecule has 4 aromatic rings. The van der Waals surface area contributed by atoms with Crippen molar-refractivity contribution in [1.82, 2.24) is 4.57 Å². The predicted molar refractivity (Wildman–Crippen MR) is 133 cm³/mol. The SMILES string of the molecule is COc1ccc2c(c1)c(=O)c(C(=O)c1ccc(F)cc1)cn2CC(=O)Nc1ccc(OC)c(OC)c1. The Morgan fingerprint density at radius 3 is 2.28 bits per heavy atom. The first-order valence-corrected chi connectivity index (χ1v) is 10.9. The fourth-order valence-electron chi connectivity index (χ4n) is 3.82. The van der Waals surface area contributed by atoms with Crippen LogP contribution in [0.2, 0.25) is 0 Å². The monoisotopic (exact) mass is 490 g/mol. The summed E-state index contributed by atoms with van der Waals surface area (Å²) in [5.41, 5.74) is 0.402. The molecule has 1 heterocycles. The number of carbonyl (C=O) groups excluding carboxylic acids is 2. The van der Waals surface area contributed by atoms with E-state index in [0.717, 1.165) is 12.1 Å². The minimum absolute atomic E-state index is 0.150. The van der Waals surface area contributed by atoms with Gasteiger partial charge in [0.2, 0.25) is 11.3 Å². The van der Waals surface area contributed by atoms with Crippen LogP contribution in [0.15, 0.2) is 71.7 Å². The average molecular weight is 490 g/mol. The van der Waals surface area contributed by atoms with Crippen molar-refractivity contribution < 1.29 is 28.2 Å². The van der Waals surface area contributed by atoms with Crippen LogP contribution in [0.5, 0.6) is 17.2 Å². The van der Waals surface area contributed by atoms with E-state index in [-0.39, 0.29) is 23.1 Å². The smallest absolute Gasteiger partial charge is 0.244 e. The third kappa shape index (κ3) is 4.90. The van der Waals surface area contributed by atoms with E-state index < -0.39 is 22.9 Å². The summed E-state index contributed by atoms with van der Waals surface area (Å²) in [6, 6.07) is 14.7. The molecule has 184 valence electrons. The third-order valence-corrected chi connectivity index (χ3v) is 5.62. The molecule has 0 saturated carbocycles. The highest BCUT2D eigenvalue weighted by Crippen LogP contribution is 2.29. The molecule has 1 amide bonds. The number of ether oxygens (including phenoxy) is 3. The molecule has 0 aliphatic heterocycles. The van der Waals surface area contributed by atoms with E-state index in [1.54, 1.807) is 30.3 Å². The van der Waals surface area contributed by atoms with Gasteiger partial charge in [-0.3, -0.25) is 14.4 Å². The van der Waals surface area contributed by atoms with Crippen LogP contribution in [-0.2, 0) is 11.3 Å². The molecule has 1 aromatic heterocycles. The van der Waals surface area contributed by atoms with Crippen LogP contribution in [0.4, 0.5) is 10.1 Å². The fraction of sp³-hybridized carbons (Fsp3) is 0.148. The first-order valence-electron chi connectivity index (χ1n) is 10.9. The lowest BCUT2D eigenvalue weighted by Gasteiger charge is -2.15. The van der Waals surface area contributed by atoms with Crippen molar-refractivity contribution in [1.29, 1.82) is 0 Å². The predicted octanol–water partition coefficient (Wildman–Crippen LogP) is 4.04. The van der Waals surface area contributed by atoms with Crippen molar-refractivity contribution >= 4 is 28.3 Å². The van der Waals surface area contributed by atoms with Crippen LogP contribution in [0.3, 0.4) is 0 Å². The van der Waals surface area contributed by atoms with Gasteiger partial charge >= 0.3 is 0 Å². The molecule has 3 aromatic carbocycles. The second-order valence-corrected chi connectivity index (χ2v) is 7.84. The molecule has 0 aliphatic rings. The number of ketones is 1. The Balaban J connectivity index is 1.73. The summed E-state index contributed by atoms with van der Waals surface area (Å²) in [5, 5.41) is 2.99. The second-order valence-electron chi connectivity index (χ2n) is 7.84. The normalized spacial score (nSPS) is 10.7.